The molecule has 0 bridgehead atoms. The van der Waals surface area contributed by atoms with Crippen LogP contribution in [-0.2, 0) is 4.79 Å². The first-order valence-corrected chi connectivity index (χ1v) is 8.51. The molecule has 2 N–H and O–H groups in total. The zero-order chi connectivity index (χ0) is 15.7. The van der Waals surface area contributed by atoms with Gasteiger partial charge >= 0.3 is 0 Å². The molecule has 0 saturated carbocycles. The first-order chi connectivity index (χ1) is 10.6. The van der Waals surface area contributed by atoms with Gasteiger partial charge in [0.15, 0.2) is 0 Å². The van der Waals surface area contributed by atoms with Crippen molar-refractivity contribution in [2.24, 2.45) is 5.73 Å². The SMILES string of the molecule is C[C@H](c1nc2ccccc2s1)N1CCN([C@@H](C)C(N)=O)CC1. The zero-order valence-electron chi connectivity index (χ0n) is 13.0. The van der Waals surface area contributed by atoms with Gasteiger partial charge in [-0.05, 0) is 26.0 Å². The summed E-state index contributed by atoms with van der Waals surface area (Å²) in [5, 5.41) is 1.16. The molecule has 3 rings (SSSR count). The zero-order valence-corrected chi connectivity index (χ0v) is 13.8. The summed E-state index contributed by atoms with van der Waals surface area (Å²) in [6, 6.07) is 8.40. The van der Waals surface area contributed by atoms with Crippen molar-refractivity contribution in [3.63, 3.8) is 0 Å². The second-order valence-corrected chi connectivity index (χ2v) is 6.91. The third-order valence-electron chi connectivity index (χ3n) is 4.52. The Labute approximate surface area is 134 Å². The molecule has 2 atom stereocenters. The second kappa shape index (κ2) is 6.32. The molecule has 1 saturated heterocycles. The highest BCUT2D eigenvalue weighted by molar-refractivity contribution is 7.18. The van der Waals surface area contributed by atoms with Gasteiger partial charge in [0.25, 0.3) is 0 Å². The van der Waals surface area contributed by atoms with Crippen LogP contribution in [0.25, 0.3) is 10.2 Å². The maximum atomic E-state index is 11.3. The lowest BCUT2D eigenvalue weighted by Gasteiger charge is -2.39. The van der Waals surface area contributed by atoms with Gasteiger partial charge < -0.3 is 5.73 Å². The van der Waals surface area contributed by atoms with E-state index in [2.05, 4.69) is 34.9 Å². The fourth-order valence-electron chi connectivity index (χ4n) is 2.92. The predicted octanol–water partition coefficient (Wildman–Crippen LogP) is 1.85. The number of thiazole rings is 1. The van der Waals surface area contributed by atoms with Gasteiger partial charge in [0.1, 0.15) is 5.01 Å². The fraction of sp³-hybridized carbons (Fsp3) is 0.500. The molecule has 0 spiro atoms. The molecule has 0 radical (unpaired) electrons. The third-order valence-corrected chi connectivity index (χ3v) is 5.73. The Morgan fingerprint density at radius 1 is 1.18 bits per heavy atom. The number of primary amides is 1. The quantitative estimate of drug-likeness (QED) is 0.934. The molecule has 1 amide bonds. The Kier molecular flexibility index (Phi) is 4.42. The topological polar surface area (TPSA) is 62.5 Å². The summed E-state index contributed by atoms with van der Waals surface area (Å²) >= 11 is 1.77. The van der Waals surface area contributed by atoms with Crippen LogP contribution in [0.2, 0.25) is 0 Å². The Morgan fingerprint density at radius 3 is 2.45 bits per heavy atom. The van der Waals surface area contributed by atoms with E-state index in [1.165, 1.54) is 4.70 Å². The van der Waals surface area contributed by atoms with Crippen molar-refractivity contribution < 1.29 is 4.79 Å². The number of rotatable bonds is 4. The lowest BCUT2D eigenvalue weighted by molar-refractivity contribution is -0.123. The lowest BCUT2D eigenvalue weighted by Crippen LogP contribution is -2.53. The van der Waals surface area contributed by atoms with Crippen molar-refractivity contribution >= 4 is 27.5 Å². The summed E-state index contributed by atoms with van der Waals surface area (Å²) in [4.78, 5) is 20.6. The number of fused-ring (bicyclic) bond motifs is 1. The number of benzene rings is 1. The summed E-state index contributed by atoms with van der Waals surface area (Å²) in [7, 11) is 0. The van der Waals surface area contributed by atoms with E-state index in [0.29, 0.717) is 6.04 Å². The van der Waals surface area contributed by atoms with Crippen LogP contribution in [0.4, 0.5) is 0 Å². The van der Waals surface area contributed by atoms with Gasteiger partial charge in [0.05, 0.1) is 22.3 Å². The van der Waals surface area contributed by atoms with E-state index in [1.807, 2.05) is 13.0 Å². The van der Waals surface area contributed by atoms with E-state index in [9.17, 15) is 4.79 Å². The molecular formula is C16H22N4OS. The van der Waals surface area contributed by atoms with Crippen LogP contribution in [0.1, 0.15) is 24.9 Å². The third kappa shape index (κ3) is 2.99. The number of para-hydroxylation sites is 1. The lowest BCUT2D eigenvalue weighted by atomic mass is 10.2. The highest BCUT2D eigenvalue weighted by Crippen LogP contribution is 2.30. The first-order valence-electron chi connectivity index (χ1n) is 7.69. The summed E-state index contributed by atoms with van der Waals surface area (Å²) in [5.41, 5.74) is 6.47. The van der Waals surface area contributed by atoms with Crippen molar-refractivity contribution in [1.29, 1.82) is 0 Å². The predicted molar refractivity (Wildman–Crippen MR) is 89.8 cm³/mol. The minimum atomic E-state index is -0.243. The molecule has 0 unspecified atom stereocenters. The molecule has 6 heteroatoms. The normalized spacial score (nSPS) is 20.1. The minimum Gasteiger partial charge on any atom is -0.368 e. The number of carbonyl (C=O) groups excluding carboxylic acids is 1. The molecule has 1 aromatic heterocycles. The summed E-state index contributed by atoms with van der Waals surface area (Å²) in [6.07, 6.45) is 0. The molecule has 1 fully saturated rings. The van der Waals surface area contributed by atoms with Gasteiger partial charge in [0, 0.05) is 26.2 Å². The van der Waals surface area contributed by atoms with Crippen LogP contribution in [0.3, 0.4) is 0 Å². The molecule has 5 nitrogen and oxygen atoms in total. The number of aromatic nitrogens is 1. The van der Waals surface area contributed by atoms with Crippen molar-refractivity contribution in [3.05, 3.63) is 29.3 Å². The van der Waals surface area contributed by atoms with Gasteiger partial charge in [0.2, 0.25) is 5.91 Å². The number of nitrogens with zero attached hydrogens (tertiary/aromatic N) is 3. The number of nitrogens with two attached hydrogens (primary N) is 1. The monoisotopic (exact) mass is 318 g/mol. The summed E-state index contributed by atoms with van der Waals surface area (Å²) < 4.78 is 1.24. The van der Waals surface area contributed by atoms with Crippen LogP contribution in [0.15, 0.2) is 24.3 Å². The summed E-state index contributed by atoms with van der Waals surface area (Å²) in [5.74, 6) is -0.243. The van der Waals surface area contributed by atoms with Gasteiger partial charge in [-0.3, -0.25) is 14.6 Å². The van der Waals surface area contributed by atoms with Crippen LogP contribution in [-0.4, -0.2) is 52.9 Å². The fourth-order valence-corrected chi connectivity index (χ4v) is 3.97. The molecule has 2 heterocycles. The van der Waals surface area contributed by atoms with Crippen LogP contribution < -0.4 is 5.73 Å². The van der Waals surface area contributed by atoms with E-state index < -0.39 is 0 Å². The van der Waals surface area contributed by atoms with Gasteiger partial charge in [-0.15, -0.1) is 11.3 Å². The van der Waals surface area contributed by atoms with Crippen LogP contribution >= 0.6 is 11.3 Å². The van der Waals surface area contributed by atoms with Crippen molar-refractivity contribution in [3.8, 4) is 0 Å². The number of piperazine rings is 1. The Bertz CT molecular complexity index is 630. The van der Waals surface area contributed by atoms with E-state index in [1.54, 1.807) is 11.3 Å². The average Bonchev–Trinajstić information content (AvgIpc) is 2.97. The maximum absolute atomic E-state index is 11.3. The van der Waals surface area contributed by atoms with Crippen LogP contribution in [0.5, 0.6) is 0 Å². The molecule has 22 heavy (non-hydrogen) atoms. The maximum Gasteiger partial charge on any atom is 0.234 e. The molecular weight excluding hydrogens is 296 g/mol. The molecule has 1 aliphatic rings. The standard InChI is InChI=1S/C16H22N4OS/c1-11(15(17)21)19-7-9-20(10-8-19)12(2)16-18-13-5-3-4-6-14(13)22-16/h3-6,11-12H,7-10H2,1-2H3,(H2,17,21)/t11-,12+/m0/s1. The number of amides is 1. The Hall–Kier alpha value is -1.50. The van der Waals surface area contributed by atoms with Crippen LogP contribution in [0, 0.1) is 0 Å². The average molecular weight is 318 g/mol. The Balaban J connectivity index is 1.66. The van der Waals surface area contributed by atoms with E-state index in [0.717, 1.165) is 36.7 Å². The Morgan fingerprint density at radius 2 is 1.82 bits per heavy atom. The first kappa shape index (κ1) is 15.4. The second-order valence-electron chi connectivity index (χ2n) is 5.85. The summed E-state index contributed by atoms with van der Waals surface area (Å²) in [6.45, 7) is 7.72. The smallest absolute Gasteiger partial charge is 0.234 e. The van der Waals surface area contributed by atoms with Gasteiger partial charge in [-0.1, -0.05) is 12.1 Å². The molecule has 118 valence electrons. The number of hydrogen-bond donors (Lipinski definition) is 1. The van der Waals surface area contributed by atoms with Crippen molar-refractivity contribution in [1.82, 2.24) is 14.8 Å². The molecule has 2 aromatic rings. The van der Waals surface area contributed by atoms with Gasteiger partial charge in [-0.2, -0.15) is 0 Å². The largest absolute Gasteiger partial charge is 0.368 e. The number of carbonyl (C=O) groups is 1. The highest BCUT2D eigenvalue weighted by Gasteiger charge is 2.27. The van der Waals surface area contributed by atoms with Crippen molar-refractivity contribution in [2.75, 3.05) is 26.2 Å². The highest BCUT2D eigenvalue weighted by atomic mass is 32.1. The van der Waals surface area contributed by atoms with Gasteiger partial charge in [-0.25, -0.2) is 4.98 Å². The molecule has 0 aliphatic carbocycles. The molecule has 1 aliphatic heterocycles. The van der Waals surface area contributed by atoms with E-state index >= 15 is 0 Å². The minimum absolute atomic E-state index is 0.181. The van der Waals surface area contributed by atoms with Crippen molar-refractivity contribution in [2.45, 2.75) is 25.9 Å². The number of hydrogen-bond acceptors (Lipinski definition) is 5. The molecule has 1 aromatic carbocycles. The van der Waals surface area contributed by atoms with E-state index in [4.69, 9.17) is 10.7 Å². The van der Waals surface area contributed by atoms with E-state index in [-0.39, 0.29) is 11.9 Å².